The van der Waals surface area contributed by atoms with Gasteiger partial charge in [0.2, 0.25) is 5.91 Å². The second kappa shape index (κ2) is 8.64. The van der Waals surface area contributed by atoms with Gasteiger partial charge >= 0.3 is 5.97 Å². The zero-order chi connectivity index (χ0) is 19.2. The lowest BCUT2D eigenvalue weighted by molar-refractivity contribution is -0.113. The first-order valence-electron chi connectivity index (χ1n) is 8.47. The number of para-hydroxylation sites is 1. The summed E-state index contributed by atoms with van der Waals surface area (Å²) in [5.74, 6) is 0.331. The lowest BCUT2D eigenvalue weighted by atomic mass is 10.2. The maximum absolute atomic E-state index is 12.3. The van der Waals surface area contributed by atoms with E-state index in [9.17, 15) is 9.59 Å². The molecule has 1 N–H and O–H groups in total. The zero-order valence-electron chi connectivity index (χ0n) is 15.1. The Morgan fingerprint density at radius 2 is 1.93 bits per heavy atom. The highest BCUT2D eigenvalue weighted by molar-refractivity contribution is 8.00. The molecule has 3 rings (SSSR count). The van der Waals surface area contributed by atoms with Crippen LogP contribution in [-0.4, -0.2) is 34.7 Å². The molecule has 0 unspecified atom stereocenters. The van der Waals surface area contributed by atoms with Gasteiger partial charge in [-0.15, -0.1) is 0 Å². The Bertz CT molecular complexity index is 991. The molecule has 2 aromatic carbocycles. The average molecular weight is 381 g/mol. The van der Waals surface area contributed by atoms with Crippen LogP contribution in [0.15, 0.2) is 53.6 Å². The average Bonchev–Trinajstić information content (AvgIpc) is 2.71. The number of carbonyl (C=O) groups is 2. The topological polar surface area (TPSA) is 81.2 Å². The van der Waals surface area contributed by atoms with Gasteiger partial charge in [-0.05, 0) is 24.3 Å². The maximum atomic E-state index is 12.3. The monoisotopic (exact) mass is 381 g/mol. The van der Waals surface area contributed by atoms with E-state index in [1.165, 1.54) is 18.9 Å². The Morgan fingerprint density at radius 1 is 1.11 bits per heavy atom. The van der Waals surface area contributed by atoms with E-state index >= 15 is 0 Å². The molecule has 0 saturated heterocycles. The van der Waals surface area contributed by atoms with Crippen molar-refractivity contribution in [2.45, 2.75) is 18.4 Å². The molecule has 1 heterocycles. The van der Waals surface area contributed by atoms with Crippen LogP contribution < -0.4 is 5.32 Å². The second-order valence-corrected chi connectivity index (χ2v) is 6.69. The molecule has 6 nitrogen and oxygen atoms in total. The summed E-state index contributed by atoms with van der Waals surface area (Å²) in [6, 6.07) is 14.4. The maximum Gasteiger partial charge on any atom is 0.337 e. The van der Waals surface area contributed by atoms with Gasteiger partial charge in [0.05, 0.1) is 23.9 Å². The number of rotatable bonds is 6. The SMILES string of the molecule is CCc1nc(SCC(=O)Nc2cccc(C(=O)OC)c2)c2ccccc2n1. The number of esters is 1. The Kier molecular flexibility index (Phi) is 6.03. The molecule has 1 amide bonds. The molecule has 0 radical (unpaired) electrons. The molecule has 0 aliphatic rings. The van der Waals surface area contributed by atoms with Gasteiger partial charge in [0.1, 0.15) is 10.9 Å². The summed E-state index contributed by atoms with van der Waals surface area (Å²) >= 11 is 1.37. The first-order chi connectivity index (χ1) is 13.1. The predicted octanol–water partition coefficient (Wildman–Crippen LogP) is 3.71. The zero-order valence-corrected chi connectivity index (χ0v) is 15.9. The number of fused-ring (bicyclic) bond motifs is 1. The lowest BCUT2D eigenvalue weighted by Crippen LogP contribution is -2.15. The van der Waals surface area contributed by atoms with E-state index in [-0.39, 0.29) is 11.7 Å². The van der Waals surface area contributed by atoms with Gasteiger partial charge in [-0.3, -0.25) is 4.79 Å². The van der Waals surface area contributed by atoms with Gasteiger partial charge in [-0.1, -0.05) is 43.0 Å². The van der Waals surface area contributed by atoms with Crippen molar-refractivity contribution in [3.8, 4) is 0 Å². The van der Waals surface area contributed by atoms with Gasteiger partial charge < -0.3 is 10.1 Å². The largest absolute Gasteiger partial charge is 0.465 e. The molecular weight excluding hydrogens is 362 g/mol. The summed E-state index contributed by atoms with van der Waals surface area (Å²) < 4.78 is 4.69. The van der Waals surface area contributed by atoms with Crippen molar-refractivity contribution in [2.75, 3.05) is 18.2 Å². The molecule has 27 heavy (non-hydrogen) atoms. The molecule has 1 aromatic heterocycles. The molecule has 3 aromatic rings. The van der Waals surface area contributed by atoms with Crippen LogP contribution in [0.2, 0.25) is 0 Å². The van der Waals surface area contributed by atoms with E-state index in [0.717, 1.165) is 28.2 Å². The van der Waals surface area contributed by atoms with E-state index in [0.29, 0.717) is 11.3 Å². The minimum Gasteiger partial charge on any atom is -0.465 e. The fourth-order valence-electron chi connectivity index (χ4n) is 2.53. The number of hydrogen-bond donors (Lipinski definition) is 1. The number of ether oxygens (including phenoxy) is 1. The number of aromatic nitrogens is 2. The van der Waals surface area contributed by atoms with Gasteiger partial charge in [0.15, 0.2) is 0 Å². The first kappa shape index (κ1) is 18.8. The lowest BCUT2D eigenvalue weighted by Gasteiger charge is -2.09. The minimum atomic E-state index is -0.444. The Hall–Kier alpha value is -2.93. The fourth-order valence-corrected chi connectivity index (χ4v) is 3.37. The molecule has 0 fully saturated rings. The normalized spacial score (nSPS) is 10.6. The molecule has 0 saturated carbocycles. The molecular formula is C20H19N3O3S. The van der Waals surface area contributed by atoms with Crippen LogP contribution in [-0.2, 0) is 16.0 Å². The van der Waals surface area contributed by atoms with Gasteiger partial charge in [0.25, 0.3) is 0 Å². The van der Waals surface area contributed by atoms with Gasteiger partial charge in [-0.25, -0.2) is 14.8 Å². The van der Waals surface area contributed by atoms with Crippen molar-refractivity contribution < 1.29 is 14.3 Å². The van der Waals surface area contributed by atoms with Crippen molar-refractivity contribution in [3.63, 3.8) is 0 Å². The van der Waals surface area contributed by atoms with Gasteiger partial charge in [-0.2, -0.15) is 0 Å². The molecule has 138 valence electrons. The standard InChI is InChI=1S/C20H19N3O3S/c1-3-17-22-16-10-5-4-9-15(16)19(23-17)27-12-18(24)21-14-8-6-7-13(11-14)20(25)26-2/h4-11H,3,12H2,1-2H3,(H,21,24). The highest BCUT2D eigenvalue weighted by atomic mass is 32.2. The number of thioether (sulfide) groups is 1. The van der Waals surface area contributed by atoms with Crippen molar-refractivity contribution in [3.05, 3.63) is 59.9 Å². The third-order valence-corrected chi connectivity index (χ3v) is 4.83. The number of carbonyl (C=O) groups excluding carboxylic acids is 2. The first-order valence-corrected chi connectivity index (χ1v) is 9.46. The number of amides is 1. The van der Waals surface area contributed by atoms with E-state index < -0.39 is 5.97 Å². The van der Waals surface area contributed by atoms with Crippen LogP contribution in [0, 0.1) is 0 Å². The second-order valence-electron chi connectivity index (χ2n) is 5.72. The van der Waals surface area contributed by atoms with Crippen LogP contribution in [0.5, 0.6) is 0 Å². The van der Waals surface area contributed by atoms with E-state index in [1.54, 1.807) is 24.3 Å². The third-order valence-electron chi connectivity index (χ3n) is 3.84. The summed E-state index contributed by atoms with van der Waals surface area (Å²) in [5.41, 5.74) is 1.81. The molecule has 0 bridgehead atoms. The number of aryl methyl sites for hydroxylation is 1. The Labute approximate surface area is 161 Å². The highest BCUT2D eigenvalue weighted by Crippen LogP contribution is 2.25. The van der Waals surface area contributed by atoms with Crippen LogP contribution in [0.3, 0.4) is 0 Å². The third kappa shape index (κ3) is 4.62. The number of methoxy groups -OCH3 is 1. The van der Waals surface area contributed by atoms with Crippen molar-refractivity contribution in [2.24, 2.45) is 0 Å². The molecule has 0 aliphatic carbocycles. The minimum absolute atomic E-state index is 0.178. The Balaban J connectivity index is 1.71. The predicted molar refractivity (Wildman–Crippen MR) is 106 cm³/mol. The van der Waals surface area contributed by atoms with E-state index in [1.807, 2.05) is 31.2 Å². The number of nitrogens with zero attached hydrogens (tertiary/aromatic N) is 2. The summed E-state index contributed by atoms with van der Waals surface area (Å²) in [5, 5.41) is 4.52. The summed E-state index contributed by atoms with van der Waals surface area (Å²) in [6.07, 6.45) is 0.727. The summed E-state index contributed by atoms with van der Waals surface area (Å²) in [4.78, 5) is 33.0. The fraction of sp³-hybridized carbons (Fsp3) is 0.200. The number of anilines is 1. The number of hydrogen-bond acceptors (Lipinski definition) is 6. The van der Waals surface area contributed by atoms with Crippen LogP contribution in [0.25, 0.3) is 10.9 Å². The molecule has 0 aliphatic heterocycles. The van der Waals surface area contributed by atoms with Crippen molar-refractivity contribution >= 4 is 40.2 Å². The van der Waals surface area contributed by atoms with Crippen molar-refractivity contribution in [1.82, 2.24) is 9.97 Å². The summed E-state index contributed by atoms with van der Waals surface area (Å²) in [6.45, 7) is 2.00. The quantitative estimate of drug-likeness (QED) is 0.398. The molecule has 7 heteroatoms. The summed E-state index contributed by atoms with van der Waals surface area (Å²) in [7, 11) is 1.32. The molecule has 0 spiro atoms. The van der Waals surface area contributed by atoms with E-state index in [4.69, 9.17) is 4.74 Å². The highest BCUT2D eigenvalue weighted by Gasteiger charge is 2.11. The number of nitrogens with one attached hydrogen (secondary N) is 1. The smallest absolute Gasteiger partial charge is 0.337 e. The van der Waals surface area contributed by atoms with Crippen LogP contribution in [0.4, 0.5) is 5.69 Å². The van der Waals surface area contributed by atoms with Crippen molar-refractivity contribution in [1.29, 1.82) is 0 Å². The van der Waals surface area contributed by atoms with Crippen LogP contribution >= 0.6 is 11.8 Å². The number of benzene rings is 2. The Morgan fingerprint density at radius 3 is 2.70 bits per heavy atom. The van der Waals surface area contributed by atoms with Crippen LogP contribution in [0.1, 0.15) is 23.1 Å². The van der Waals surface area contributed by atoms with Gasteiger partial charge in [0, 0.05) is 17.5 Å². The van der Waals surface area contributed by atoms with E-state index in [2.05, 4.69) is 15.3 Å². The molecule has 0 atom stereocenters.